The van der Waals surface area contributed by atoms with Gasteiger partial charge in [-0.15, -0.1) is 0 Å². The Hall–Kier alpha value is -2.54. The third-order valence-corrected chi connectivity index (χ3v) is 10.2. The third-order valence-electron chi connectivity index (χ3n) is 8.45. The number of aliphatic hydroxyl groups is 1. The molecule has 1 saturated carbocycles. The SMILES string of the molecule is CCS(=O)(=O)c1ccc([C@H](COCO)NC(=O)c2cnc3c(c2)CN(C[C@H]2CC[C@H](C(F)(F)F)CC2)[C@H]3C(C)C)cc1. The number of aromatic nitrogens is 1. The van der Waals surface area contributed by atoms with Crippen LogP contribution in [-0.4, -0.2) is 61.2 Å². The highest BCUT2D eigenvalue weighted by atomic mass is 32.2. The van der Waals surface area contributed by atoms with E-state index in [0.29, 0.717) is 37.1 Å². The molecule has 0 saturated heterocycles. The van der Waals surface area contributed by atoms with Crippen LogP contribution in [0.3, 0.4) is 0 Å². The number of ether oxygens (including phenoxy) is 1. The molecule has 0 spiro atoms. The van der Waals surface area contributed by atoms with Gasteiger partial charge in [-0.25, -0.2) is 8.42 Å². The fourth-order valence-electron chi connectivity index (χ4n) is 6.16. The molecule has 1 aliphatic carbocycles. The van der Waals surface area contributed by atoms with Crippen LogP contribution in [0.4, 0.5) is 13.2 Å². The number of rotatable bonds is 11. The summed E-state index contributed by atoms with van der Waals surface area (Å²) in [5.41, 5.74) is 2.77. The predicted molar refractivity (Wildman–Crippen MR) is 151 cm³/mol. The molecule has 2 N–H and O–H groups in total. The monoisotopic (exact) mass is 611 g/mol. The van der Waals surface area contributed by atoms with Crippen LogP contribution >= 0.6 is 0 Å². The molecular weight excluding hydrogens is 571 g/mol. The van der Waals surface area contributed by atoms with E-state index in [4.69, 9.17) is 4.74 Å². The number of fused-ring (bicyclic) bond motifs is 1. The number of alkyl halides is 3. The molecule has 1 aromatic heterocycles. The lowest BCUT2D eigenvalue weighted by Crippen LogP contribution is -2.35. The van der Waals surface area contributed by atoms with Crippen molar-refractivity contribution in [3.05, 3.63) is 58.9 Å². The number of hydrogen-bond acceptors (Lipinski definition) is 7. The molecule has 1 amide bonds. The number of carbonyl (C=O) groups is 1. The zero-order chi connectivity index (χ0) is 30.7. The molecular formula is C30H40F3N3O5S. The first kappa shape index (κ1) is 32.4. The van der Waals surface area contributed by atoms with E-state index in [1.807, 2.05) is 6.07 Å². The minimum Gasteiger partial charge on any atom is -0.371 e. The van der Waals surface area contributed by atoms with Crippen LogP contribution in [0.25, 0.3) is 0 Å². The minimum absolute atomic E-state index is 0.0149. The average molecular weight is 612 g/mol. The van der Waals surface area contributed by atoms with Gasteiger partial charge in [0.2, 0.25) is 0 Å². The largest absolute Gasteiger partial charge is 0.391 e. The third kappa shape index (κ3) is 7.50. The number of halogens is 3. The summed E-state index contributed by atoms with van der Waals surface area (Å²) in [6, 6.07) is 7.38. The van der Waals surface area contributed by atoms with Gasteiger partial charge in [0.05, 0.1) is 46.5 Å². The predicted octanol–water partition coefficient (Wildman–Crippen LogP) is 5.19. The molecule has 8 nitrogen and oxygen atoms in total. The van der Waals surface area contributed by atoms with Gasteiger partial charge in [0.1, 0.15) is 6.79 Å². The van der Waals surface area contributed by atoms with Gasteiger partial charge in [-0.1, -0.05) is 32.9 Å². The van der Waals surface area contributed by atoms with Gasteiger partial charge in [0.25, 0.3) is 5.91 Å². The van der Waals surface area contributed by atoms with Crippen molar-refractivity contribution >= 4 is 15.7 Å². The fraction of sp³-hybridized carbons (Fsp3) is 0.600. The Kier molecular flexibility index (Phi) is 10.3. The van der Waals surface area contributed by atoms with E-state index >= 15 is 0 Å². The van der Waals surface area contributed by atoms with E-state index in [9.17, 15) is 31.5 Å². The molecule has 2 aromatic rings. The van der Waals surface area contributed by atoms with Crippen LogP contribution in [0, 0.1) is 17.8 Å². The highest BCUT2D eigenvalue weighted by molar-refractivity contribution is 7.91. The first-order valence-electron chi connectivity index (χ1n) is 14.5. The standard InChI is InChI=1S/C30H40F3N3O5S/c1-4-42(39,40)25-11-7-21(8-12-25)26(17-41-18-37)35-29(38)22-13-23-16-36(28(19(2)3)27(23)34-14-22)15-20-5-9-24(10-6-20)30(31,32)33/h7-8,11-14,19-20,24,26,28,37H,4-6,9-10,15-18H2,1-3H3,(H,35,38)/t20-,24-,26-,28-/m0/s1. The smallest absolute Gasteiger partial charge is 0.371 e. The molecule has 0 unspecified atom stereocenters. The van der Waals surface area contributed by atoms with Crippen LogP contribution < -0.4 is 5.32 Å². The molecule has 42 heavy (non-hydrogen) atoms. The van der Waals surface area contributed by atoms with Crippen molar-refractivity contribution in [2.24, 2.45) is 17.8 Å². The maximum absolute atomic E-state index is 13.3. The zero-order valence-corrected chi connectivity index (χ0v) is 25.0. The lowest BCUT2D eigenvalue weighted by atomic mass is 9.81. The highest BCUT2D eigenvalue weighted by Gasteiger charge is 2.42. The van der Waals surface area contributed by atoms with Crippen LogP contribution in [-0.2, 0) is 21.1 Å². The molecule has 12 heteroatoms. The normalized spacial score (nSPS) is 22.2. The lowest BCUT2D eigenvalue weighted by Gasteiger charge is -2.35. The number of hydrogen-bond donors (Lipinski definition) is 2. The van der Waals surface area contributed by atoms with Gasteiger partial charge in [-0.3, -0.25) is 14.7 Å². The quantitative estimate of drug-likeness (QED) is 0.337. The summed E-state index contributed by atoms with van der Waals surface area (Å²) in [6.45, 7) is 6.44. The summed E-state index contributed by atoms with van der Waals surface area (Å²) in [6.07, 6.45) is -1.16. The first-order chi connectivity index (χ1) is 19.8. The van der Waals surface area contributed by atoms with Gasteiger partial charge in [-0.05, 0) is 66.8 Å². The van der Waals surface area contributed by atoms with Crippen LogP contribution in [0.15, 0.2) is 41.4 Å². The van der Waals surface area contributed by atoms with Crippen LogP contribution in [0.5, 0.6) is 0 Å². The Labute approximate surface area is 245 Å². The van der Waals surface area contributed by atoms with E-state index in [-0.39, 0.29) is 48.0 Å². The second kappa shape index (κ2) is 13.4. The fourth-order valence-corrected chi connectivity index (χ4v) is 7.04. The molecule has 4 rings (SSSR count). The molecule has 0 bridgehead atoms. The molecule has 0 radical (unpaired) electrons. The van der Waals surface area contributed by atoms with Crippen LogP contribution in [0.2, 0.25) is 0 Å². The van der Waals surface area contributed by atoms with Crippen molar-refractivity contribution in [1.29, 1.82) is 0 Å². The van der Waals surface area contributed by atoms with E-state index in [1.54, 1.807) is 19.1 Å². The summed E-state index contributed by atoms with van der Waals surface area (Å²) in [7, 11) is -3.38. The molecule has 2 atom stereocenters. The number of benzene rings is 1. The van der Waals surface area contributed by atoms with E-state index in [1.165, 1.54) is 18.3 Å². The second-order valence-corrected chi connectivity index (χ2v) is 13.9. The van der Waals surface area contributed by atoms with Gasteiger partial charge in [0.15, 0.2) is 9.84 Å². The molecule has 1 fully saturated rings. The lowest BCUT2D eigenvalue weighted by molar-refractivity contribution is -0.184. The summed E-state index contributed by atoms with van der Waals surface area (Å²) in [5, 5.41) is 12.1. The maximum atomic E-state index is 13.3. The number of carbonyl (C=O) groups excluding carboxylic acids is 1. The first-order valence-corrected chi connectivity index (χ1v) is 16.1. The number of nitrogens with zero attached hydrogens (tertiary/aromatic N) is 2. The van der Waals surface area contributed by atoms with Crippen molar-refractivity contribution in [1.82, 2.24) is 15.2 Å². The number of pyridine rings is 1. The van der Waals surface area contributed by atoms with Gasteiger partial charge < -0.3 is 15.2 Å². The Morgan fingerprint density at radius 1 is 1.17 bits per heavy atom. The van der Waals surface area contributed by atoms with E-state index in [2.05, 4.69) is 29.0 Å². The Balaban J connectivity index is 1.47. The minimum atomic E-state index is -4.13. The summed E-state index contributed by atoms with van der Waals surface area (Å²) < 4.78 is 69.0. The van der Waals surface area contributed by atoms with Crippen molar-refractivity contribution in [2.45, 2.75) is 76.2 Å². The van der Waals surface area contributed by atoms with Crippen molar-refractivity contribution in [2.75, 3.05) is 25.7 Å². The number of sulfone groups is 1. The Bertz CT molecular complexity index is 1330. The van der Waals surface area contributed by atoms with Crippen molar-refractivity contribution in [3.8, 4) is 0 Å². The highest BCUT2D eigenvalue weighted by Crippen LogP contribution is 2.43. The Morgan fingerprint density at radius 2 is 1.83 bits per heavy atom. The van der Waals surface area contributed by atoms with E-state index in [0.717, 1.165) is 11.3 Å². The topological polar surface area (TPSA) is 109 Å². The number of aliphatic hydroxyl groups excluding tert-OH is 1. The molecule has 1 aliphatic heterocycles. The Morgan fingerprint density at radius 3 is 2.40 bits per heavy atom. The summed E-state index contributed by atoms with van der Waals surface area (Å²) in [5.74, 6) is -1.22. The van der Waals surface area contributed by atoms with E-state index < -0.39 is 40.7 Å². The molecule has 1 aromatic carbocycles. The van der Waals surface area contributed by atoms with Crippen molar-refractivity contribution < 1.29 is 36.2 Å². The molecule has 232 valence electrons. The summed E-state index contributed by atoms with van der Waals surface area (Å²) in [4.78, 5) is 20.5. The second-order valence-electron chi connectivity index (χ2n) is 11.6. The molecule has 2 heterocycles. The van der Waals surface area contributed by atoms with Crippen molar-refractivity contribution in [3.63, 3.8) is 0 Å². The van der Waals surface area contributed by atoms with Gasteiger partial charge >= 0.3 is 6.18 Å². The van der Waals surface area contributed by atoms with Gasteiger partial charge in [-0.2, -0.15) is 13.2 Å². The summed E-state index contributed by atoms with van der Waals surface area (Å²) >= 11 is 0. The molecule has 2 aliphatic rings. The van der Waals surface area contributed by atoms with Crippen LogP contribution in [0.1, 0.15) is 85.7 Å². The maximum Gasteiger partial charge on any atom is 0.391 e. The zero-order valence-electron chi connectivity index (χ0n) is 24.2. The average Bonchev–Trinajstić information content (AvgIpc) is 3.32. The number of nitrogens with one attached hydrogen (secondary N) is 1. The van der Waals surface area contributed by atoms with Gasteiger partial charge in [0, 0.05) is 19.3 Å². The number of amides is 1.